The Morgan fingerprint density at radius 1 is 1.44 bits per heavy atom. The van der Waals surface area contributed by atoms with Gasteiger partial charge < -0.3 is 5.43 Å². The molecule has 1 aliphatic heterocycles. The first-order valence-electron chi connectivity index (χ1n) is 2.05. The number of halogens is 3. The molecule has 6 heteroatoms. The van der Waals surface area contributed by atoms with Gasteiger partial charge in [-0.2, -0.15) is 18.0 Å². The largest absolute Gasteiger partial charge is 0.425 e. The summed E-state index contributed by atoms with van der Waals surface area (Å²) < 4.78 is 34.8. The topological polar surface area (TPSA) is 24.1 Å². The number of hydrazine groups is 1. The van der Waals surface area contributed by atoms with Crippen molar-refractivity contribution in [2.75, 3.05) is 0 Å². The van der Waals surface area contributed by atoms with Gasteiger partial charge in [-0.3, -0.25) is 0 Å². The van der Waals surface area contributed by atoms with Gasteiger partial charge in [0.15, 0.2) is 0 Å². The summed E-state index contributed by atoms with van der Waals surface area (Å²) in [5.41, 5.74) is 2.21. The summed E-state index contributed by atoms with van der Waals surface area (Å²) >= 11 is 0.524. The van der Waals surface area contributed by atoms with Crippen LogP contribution in [-0.4, -0.2) is 6.18 Å². The molecular weight excluding hydrogens is 153 g/mol. The summed E-state index contributed by atoms with van der Waals surface area (Å²) in [7, 11) is 0. The fourth-order valence-corrected chi connectivity index (χ4v) is 0.810. The van der Waals surface area contributed by atoms with E-state index in [1.807, 2.05) is 0 Å². The third-order valence-corrected chi connectivity index (χ3v) is 1.49. The highest BCUT2D eigenvalue weighted by Gasteiger charge is 2.36. The second kappa shape index (κ2) is 2.11. The van der Waals surface area contributed by atoms with Gasteiger partial charge in [0.05, 0.1) is 0 Å². The van der Waals surface area contributed by atoms with Gasteiger partial charge in [-0.1, -0.05) is 0 Å². The van der Waals surface area contributed by atoms with Crippen molar-refractivity contribution in [3.05, 3.63) is 11.1 Å². The molecule has 2 N–H and O–H groups in total. The Labute approximate surface area is 53.6 Å². The van der Waals surface area contributed by atoms with E-state index in [0.29, 0.717) is 11.9 Å². The molecule has 0 aromatic heterocycles. The first kappa shape index (κ1) is 6.76. The molecule has 9 heavy (non-hydrogen) atoms. The van der Waals surface area contributed by atoms with Crippen LogP contribution in [0.4, 0.5) is 13.2 Å². The van der Waals surface area contributed by atoms with Gasteiger partial charge in [0, 0.05) is 6.20 Å². The van der Waals surface area contributed by atoms with Gasteiger partial charge in [-0.15, -0.1) is 0 Å². The van der Waals surface area contributed by atoms with Crippen LogP contribution in [0.15, 0.2) is 11.1 Å². The van der Waals surface area contributed by atoms with E-state index in [1.54, 1.807) is 0 Å². The number of alkyl halides is 3. The number of nitrogens with one attached hydrogen (secondary N) is 2. The average molecular weight is 156 g/mol. The van der Waals surface area contributed by atoms with Gasteiger partial charge in [-0.05, 0) is 11.9 Å². The lowest BCUT2D eigenvalue weighted by atomic mass is 10.6. The Morgan fingerprint density at radius 3 is 2.33 bits per heavy atom. The number of hydrogen-bond donors (Lipinski definition) is 2. The lowest BCUT2D eigenvalue weighted by Crippen LogP contribution is -2.11. The lowest BCUT2D eigenvalue weighted by molar-refractivity contribution is -0.0836. The molecule has 2 nitrogen and oxygen atoms in total. The summed E-state index contributed by atoms with van der Waals surface area (Å²) in [6.07, 6.45) is -3.34. The predicted molar refractivity (Wildman–Crippen MR) is 28.0 cm³/mol. The minimum absolute atomic E-state index is 0.524. The molecule has 0 saturated carbocycles. The Hall–Kier alpha value is -0.360. The molecule has 0 unspecified atom stereocenters. The summed E-state index contributed by atoms with van der Waals surface area (Å²) in [6, 6.07) is 0. The molecule has 0 aliphatic carbocycles. The van der Waals surface area contributed by atoms with Gasteiger partial charge in [0.1, 0.15) is 4.91 Å². The van der Waals surface area contributed by atoms with Crippen molar-refractivity contribution in [1.82, 2.24) is 10.3 Å². The van der Waals surface area contributed by atoms with Crippen molar-refractivity contribution in [2.45, 2.75) is 6.18 Å². The van der Waals surface area contributed by atoms with E-state index in [0.717, 1.165) is 6.20 Å². The molecule has 0 bridgehead atoms. The first-order valence-corrected chi connectivity index (χ1v) is 2.87. The Morgan fingerprint density at radius 2 is 2.11 bits per heavy atom. The monoisotopic (exact) mass is 156 g/mol. The van der Waals surface area contributed by atoms with Crippen molar-refractivity contribution < 1.29 is 13.2 Å². The molecule has 0 saturated heterocycles. The standard InChI is InChI=1S/C3H3F3N2S/c4-3(5,6)2-1-7-8-9-2/h1,7-8H. The van der Waals surface area contributed by atoms with Crippen LogP contribution in [0.5, 0.6) is 0 Å². The van der Waals surface area contributed by atoms with E-state index in [1.165, 1.54) is 0 Å². The van der Waals surface area contributed by atoms with E-state index in [4.69, 9.17) is 0 Å². The molecule has 0 spiro atoms. The van der Waals surface area contributed by atoms with E-state index in [2.05, 4.69) is 10.3 Å². The van der Waals surface area contributed by atoms with Gasteiger partial charge in [-0.25, -0.2) is 0 Å². The van der Waals surface area contributed by atoms with Crippen molar-refractivity contribution in [2.24, 2.45) is 0 Å². The van der Waals surface area contributed by atoms with Crippen molar-refractivity contribution in [1.29, 1.82) is 0 Å². The average Bonchev–Trinajstić information content (AvgIpc) is 2.08. The van der Waals surface area contributed by atoms with Gasteiger partial charge in [0.25, 0.3) is 0 Å². The van der Waals surface area contributed by atoms with E-state index in [9.17, 15) is 13.2 Å². The molecule has 0 aromatic rings. The maximum absolute atomic E-state index is 11.6. The minimum atomic E-state index is -4.22. The zero-order valence-electron chi connectivity index (χ0n) is 4.12. The van der Waals surface area contributed by atoms with Crippen LogP contribution in [0.25, 0.3) is 0 Å². The van der Waals surface area contributed by atoms with Gasteiger partial charge in [0.2, 0.25) is 0 Å². The summed E-state index contributed by atoms with van der Waals surface area (Å²) in [5, 5.41) is 0. The second-order valence-corrected chi connectivity index (χ2v) is 2.20. The maximum atomic E-state index is 11.6. The van der Waals surface area contributed by atoms with E-state index in [-0.39, 0.29) is 0 Å². The van der Waals surface area contributed by atoms with E-state index < -0.39 is 11.1 Å². The zero-order chi connectivity index (χ0) is 6.91. The molecule has 0 atom stereocenters. The molecule has 52 valence electrons. The Kier molecular flexibility index (Phi) is 1.58. The Balaban J connectivity index is 2.61. The molecule has 1 heterocycles. The summed E-state index contributed by atoms with van der Waals surface area (Å²) in [6.45, 7) is 0. The summed E-state index contributed by atoms with van der Waals surface area (Å²) in [5.74, 6) is 0. The lowest BCUT2D eigenvalue weighted by Gasteiger charge is -2.02. The smallest absolute Gasteiger partial charge is 0.318 e. The number of rotatable bonds is 0. The van der Waals surface area contributed by atoms with E-state index >= 15 is 0 Å². The zero-order valence-corrected chi connectivity index (χ0v) is 4.94. The van der Waals surface area contributed by atoms with Crippen LogP contribution in [0, 0.1) is 0 Å². The third kappa shape index (κ3) is 1.52. The van der Waals surface area contributed by atoms with Crippen LogP contribution in [-0.2, 0) is 0 Å². The molecular formula is C3H3F3N2S. The normalized spacial score (nSPS) is 19.2. The van der Waals surface area contributed by atoms with Crippen LogP contribution in [0.1, 0.15) is 0 Å². The Bertz CT molecular complexity index is 140. The summed E-state index contributed by atoms with van der Waals surface area (Å²) in [4.78, 5) is 1.58. The SMILES string of the molecule is FC(F)(F)C1=CNNS1. The molecule has 1 rings (SSSR count). The first-order chi connectivity index (χ1) is 4.11. The highest BCUT2D eigenvalue weighted by atomic mass is 32.2. The van der Waals surface area contributed by atoms with Crippen LogP contribution >= 0.6 is 11.9 Å². The number of allylic oxidation sites excluding steroid dienone is 1. The number of hydrogen-bond acceptors (Lipinski definition) is 3. The molecule has 0 aromatic carbocycles. The highest BCUT2D eigenvalue weighted by Crippen LogP contribution is 2.33. The van der Waals surface area contributed by atoms with Crippen molar-refractivity contribution in [3.63, 3.8) is 0 Å². The minimum Gasteiger partial charge on any atom is -0.318 e. The quantitative estimate of drug-likeness (QED) is 0.514. The fraction of sp³-hybridized carbons (Fsp3) is 0.333. The highest BCUT2D eigenvalue weighted by molar-refractivity contribution is 8.01. The van der Waals surface area contributed by atoms with Crippen molar-refractivity contribution in [3.8, 4) is 0 Å². The van der Waals surface area contributed by atoms with Crippen LogP contribution in [0.3, 0.4) is 0 Å². The third-order valence-electron chi connectivity index (χ3n) is 0.703. The molecule has 0 amide bonds. The van der Waals surface area contributed by atoms with Gasteiger partial charge >= 0.3 is 6.18 Å². The maximum Gasteiger partial charge on any atom is 0.425 e. The second-order valence-electron chi connectivity index (χ2n) is 1.35. The molecule has 0 fully saturated rings. The predicted octanol–water partition coefficient (Wildman–Crippen LogP) is 1.15. The fourth-order valence-electron chi connectivity index (χ4n) is 0.349. The molecule has 1 aliphatic rings. The van der Waals surface area contributed by atoms with Crippen molar-refractivity contribution >= 4 is 11.9 Å². The van der Waals surface area contributed by atoms with Crippen LogP contribution < -0.4 is 10.3 Å². The molecule has 0 radical (unpaired) electrons. The van der Waals surface area contributed by atoms with Crippen LogP contribution in [0.2, 0.25) is 0 Å².